The zero-order valence-electron chi connectivity index (χ0n) is 11.4. The highest BCUT2D eigenvalue weighted by molar-refractivity contribution is 5.96. The van der Waals surface area contributed by atoms with Crippen molar-refractivity contribution in [2.75, 3.05) is 6.61 Å². The van der Waals surface area contributed by atoms with Crippen LogP contribution >= 0.6 is 0 Å². The number of fused-ring (bicyclic) bond motifs is 1. The fraction of sp³-hybridized carbons (Fsp3) is 0.214. The van der Waals surface area contributed by atoms with Crippen molar-refractivity contribution in [1.29, 1.82) is 0 Å². The van der Waals surface area contributed by atoms with Crippen molar-refractivity contribution in [2.45, 2.75) is 13.0 Å². The molecule has 108 valence electrons. The summed E-state index contributed by atoms with van der Waals surface area (Å²) >= 11 is 0. The van der Waals surface area contributed by atoms with Gasteiger partial charge in [-0.3, -0.25) is 9.89 Å². The molecule has 0 fully saturated rings. The number of aromatic nitrogens is 4. The normalized spacial score (nSPS) is 12.5. The van der Waals surface area contributed by atoms with Gasteiger partial charge in [-0.15, -0.1) is 0 Å². The van der Waals surface area contributed by atoms with Gasteiger partial charge in [-0.25, -0.2) is 4.98 Å². The number of H-pyrrole nitrogens is 2. The molecular formula is C14H15N5O2. The molecule has 7 nitrogen and oxygen atoms in total. The van der Waals surface area contributed by atoms with Crippen molar-refractivity contribution < 1.29 is 9.90 Å². The van der Waals surface area contributed by atoms with E-state index in [1.165, 1.54) is 0 Å². The maximum absolute atomic E-state index is 12.0. The molecule has 3 aromatic rings. The third-order valence-electron chi connectivity index (χ3n) is 3.20. The van der Waals surface area contributed by atoms with E-state index in [0.717, 1.165) is 16.6 Å². The minimum absolute atomic E-state index is 0.101. The second-order valence-corrected chi connectivity index (χ2v) is 4.83. The van der Waals surface area contributed by atoms with Gasteiger partial charge in [-0.05, 0) is 25.1 Å². The largest absolute Gasteiger partial charge is 0.394 e. The molecular weight excluding hydrogens is 270 g/mol. The molecule has 0 aromatic carbocycles. The SMILES string of the molecule is CC(CO)NC(=O)c1cc(-c2[nH]nc3ncccc23)c[nH]1. The Morgan fingerprint density at radius 3 is 3.19 bits per heavy atom. The fourth-order valence-corrected chi connectivity index (χ4v) is 2.09. The summed E-state index contributed by atoms with van der Waals surface area (Å²) in [5.74, 6) is -0.259. The first-order valence-corrected chi connectivity index (χ1v) is 6.58. The average molecular weight is 285 g/mol. The quantitative estimate of drug-likeness (QED) is 0.575. The monoisotopic (exact) mass is 285 g/mol. The number of hydrogen-bond acceptors (Lipinski definition) is 4. The maximum Gasteiger partial charge on any atom is 0.268 e. The summed E-state index contributed by atoms with van der Waals surface area (Å²) in [5.41, 5.74) is 2.70. The minimum Gasteiger partial charge on any atom is -0.394 e. The van der Waals surface area contributed by atoms with Gasteiger partial charge < -0.3 is 15.4 Å². The van der Waals surface area contributed by atoms with E-state index in [1.807, 2.05) is 12.1 Å². The predicted molar refractivity (Wildman–Crippen MR) is 77.7 cm³/mol. The van der Waals surface area contributed by atoms with E-state index in [2.05, 4.69) is 25.5 Å². The molecule has 1 amide bonds. The smallest absolute Gasteiger partial charge is 0.268 e. The van der Waals surface area contributed by atoms with Crippen molar-refractivity contribution in [3.8, 4) is 11.3 Å². The number of hydrogen-bond donors (Lipinski definition) is 4. The molecule has 1 unspecified atom stereocenters. The fourth-order valence-electron chi connectivity index (χ4n) is 2.09. The summed E-state index contributed by atoms with van der Waals surface area (Å²) in [6.07, 6.45) is 3.41. The third-order valence-corrected chi connectivity index (χ3v) is 3.20. The Morgan fingerprint density at radius 2 is 2.38 bits per heavy atom. The Labute approximate surface area is 120 Å². The maximum atomic E-state index is 12.0. The van der Waals surface area contributed by atoms with Gasteiger partial charge in [-0.1, -0.05) is 0 Å². The molecule has 0 radical (unpaired) electrons. The van der Waals surface area contributed by atoms with E-state index in [-0.39, 0.29) is 18.6 Å². The van der Waals surface area contributed by atoms with Crippen LogP contribution in [-0.4, -0.2) is 43.8 Å². The molecule has 0 aliphatic rings. The van der Waals surface area contributed by atoms with Gasteiger partial charge in [0.25, 0.3) is 5.91 Å². The average Bonchev–Trinajstić information content (AvgIpc) is 3.13. The molecule has 21 heavy (non-hydrogen) atoms. The van der Waals surface area contributed by atoms with Gasteiger partial charge >= 0.3 is 0 Å². The van der Waals surface area contributed by atoms with E-state index in [0.29, 0.717) is 11.3 Å². The van der Waals surface area contributed by atoms with E-state index < -0.39 is 0 Å². The van der Waals surface area contributed by atoms with Crippen LogP contribution in [0, 0.1) is 0 Å². The van der Waals surface area contributed by atoms with E-state index in [9.17, 15) is 4.79 Å². The molecule has 3 rings (SSSR count). The summed E-state index contributed by atoms with van der Waals surface area (Å²) in [5, 5.41) is 19.6. The molecule has 4 N–H and O–H groups in total. The van der Waals surface area contributed by atoms with Gasteiger partial charge in [-0.2, -0.15) is 5.10 Å². The van der Waals surface area contributed by atoms with Crippen molar-refractivity contribution in [1.82, 2.24) is 25.5 Å². The number of carbonyl (C=O) groups excluding carboxylic acids is 1. The van der Waals surface area contributed by atoms with Crippen LogP contribution < -0.4 is 5.32 Å². The molecule has 0 aliphatic carbocycles. The highest BCUT2D eigenvalue weighted by Crippen LogP contribution is 2.25. The topological polar surface area (TPSA) is 107 Å². The van der Waals surface area contributed by atoms with Crippen molar-refractivity contribution >= 4 is 16.9 Å². The van der Waals surface area contributed by atoms with Gasteiger partial charge in [0.05, 0.1) is 12.3 Å². The lowest BCUT2D eigenvalue weighted by atomic mass is 10.1. The summed E-state index contributed by atoms with van der Waals surface area (Å²) < 4.78 is 0. The van der Waals surface area contributed by atoms with E-state index in [1.54, 1.807) is 25.4 Å². The number of nitrogens with one attached hydrogen (secondary N) is 3. The molecule has 3 heterocycles. The predicted octanol–water partition coefficient (Wildman–Crippen LogP) is 1.06. The molecule has 0 spiro atoms. The lowest BCUT2D eigenvalue weighted by Crippen LogP contribution is -2.35. The van der Waals surface area contributed by atoms with Crippen molar-refractivity contribution in [3.63, 3.8) is 0 Å². The van der Waals surface area contributed by atoms with Gasteiger partial charge in [0.2, 0.25) is 0 Å². The van der Waals surface area contributed by atoms with Crippen molar-refractivity contribution in [3.05, 3.63) is 36.3 Å². The van der Waals surface area contributed by atoms with Crippen LogP contribution in [0.5, 0.6) is 0 Å². The lowest BCUT2D eigenvalue weighted by Gasteiger charge is -2.08. The second kappa shape index (κ2) is 5.37. The van der Waals surface area contributed by atoms with Gasteiger partial charge in [0, 0.05) is 29.4 Å². The van der Waals surface area contributed by atoms with Crippen LogP contribution in [0.3, 0.4) is 0 Å². The summed E-state index contributed by atoms with van der Waals surface area (Å²) in [7, 11) is 0. The van der Waals surface area contributed by atoms with Gasteiger partial charge in [0.1, 0.15) is 5.69 Å². The summed E-state index contributed by atoms with van der Waals surface area (Å²) in [4.78, 5) is 19.1. The first kappa shape index (κ1) is 13.3. The number of aliphatic hydroxyl groups excluding tert-OH is 1. The highest BCUT2D eigenvalue weighted by Gasteiger charge is 2.14. The molecule has 1 atom stereocenters. The molecule has 0 aliphatic heterocycles. The van der Waals surface area contributed by atoms with Crippen molar-refractivity contribution in [2.24, 2.45) is 0 Å². The molecule has 0 saturated carbocycles. The number of pyridine rings is 1. The first-order valence-electron chi connectivity index (χ1n) is 6.58. The number of aromatic amines is 2. The Balaban J connectivity index is 1.90. The Hall–Kier alpha value is -2.67. The molecule has 7 heteroatoms. The Kier molecular flexibility index (Phi) is 3.41. The first-order chi connectivity index (χ1) is 10.2. The standard InChI is InChI=1S/C14H15N5O2/c1-8(7-20)17-14(21)11-5-9(6-16-11)12-10-3-2-4-15-13(10)19-18-12/h2-6,8,16,20H,7H2,1H3,(H,17,21)(H,15,18,19). The zero-order chi connectivity index (χ0) is 14.8. The van der Waals surface area contributed by atoms with Crippen LogP contribution in [-0.2, 0) is 0 Å². The number of amides is 1. The number of rotatable bonds is 4. The van der Waals surface area contributed by atoms with Crippen LogP contribution in [0.1, 0.15) is 17.4 Å². The second-order valence-electron chi connectivity index (χ2n) is 4.83. The van der Waals surface area contributed by atoms with Gasteiger partial charge in [0.15, 0.2) is 5.65 Å². The Bertz CT molecular complexity index is 776. The zero-order valence-corrected chi connectivity index (χ0v) is 11.4. The summed E-state index contributed by atoms with van der Waals surface area (Å²) in [6.45, 7) is 1.63. The molecule has 0 bridgehead atoms. The highest BCUT2D eigenvalue weighted by atomic mass is 16.3. The minimum atomic E-state index is -0.290. The number of aliphatic hydroxyl groups is 1. The van der Waals surface area contributed by atoms with Crippen LogP contribution in [0.25, 0.3) is 22.3 Å². The van der Waals surface area contributed by atoms with Crippen LogP contribution in [0.4, 0.5) is 0 Å². The molecule has 0 saturated heterocycles. The Morgan fingerprint density at radius 1 is 1.52 bits per heavy atom. The third kappa shape index (κ3) is 2.50. The van der Waals surface area contributed by atoms with E-state index in [4.69, 9.17) is 5.11 Å². The van der Waals surface area contributed by atoms with E-state index >= 15 is 0 Å². The summed E-state index contributed by atoms with van der Waals surface area (Å²) in [6, 6.07) is 5.20. The molecule has 3 aromatic heterocycles. The number of nitrogens with zero attached hydrogens (tertiary/aromatic N) is 2. The van der Waals surface area contributed by atoms with Crippen LogP contribution in [0.2, 0.25) is 0 Å². The lowest BCUT2D eigenvalue weighted by molar-refractivity contribution is 0.0918. The number of carbonyl (C=O) groups is 1. The van der Waals surface area contributed by atoms with Crippen LogP contribution in [0.15, 0.2) is 30.6 Å².